The van der Waals surface area contributed by atoms with Gasteiger partial charge >= 0.3 is 0 Å². The van der Waals surface area contributed by atoms with E-state index in [0.717, 1.165) is 41.4 Å². The third-order valence-corrected chi connectivity index (χ3v) is 7.10. The molecule has 1 aliphatic rings. The topological polar surface area (TPSA) is 72.3 Å². The van der Waals surface area contributed by atoms with Crippen molar-refractivity contribution in [2.24, 2.45) is 0 Å². The Morgan fingerprint density at radius 1 is 0.917 bits per heavy atom. The van der Waals surface area contributed by atoms with E-state index in [1.807, 2.05) is 72.8 Å². The summed E-state index contributed by atoms with van der Waals surface area (Å²) in [5.74, 6) is 0.940. The average molecular weight is 500 g/mol. The van der Waals surface area contributed by atoms with Crippen LogP contribution in [0.3, 0.4) is 0 Å². The number of ether oxygens (including phenoxy) is 1. The predicted octanol–water partition coefficient (Wildman–Crippen LogP) is 4.41. The van der Waals surface area contributed by atoms with E-state index in [2.05, 4.69) is 44.0 Å². The number of benzene rings is 3. The lowest BCUT2D eigenvalue weighted by atomic mass is 9.99. The lowest BCUT2D eigenvalue weighted by Crippen LogP contribution is -2.38. The summed E-state index contributed by atoms with van der Waals surface area (Å²) in [7, 11) is 0. The lowest BCUT2D eigenvalue weighted by molar-refractivity contribution is -0.119. The molecule has 0 spiro atoms. The predicted molar refractivity (Wildman–Crippen MR) is 143 cm³/mol. The Kier molecular flexibility index (Phi) is 7.64. The normalized spacial score (nSPS) is 13.7. The SMILES string of the molecule is Cc1ccccc1-n1c(SCC(=O)NC(c2ccccc2)c2ccccc2)nnc1N1CCOCC1. The van der Waals surface area contributed by atoms with Gasteiger partial charge < -0.3 is 15.0 Å². The smallest absolute Gasteiger partial charge is 0.232 e. The van der Waals surface area contributed by atoms with E-state index in [4.69, 9.17) is 4.74 Å². The van der Waals surface area contributed by atoms with Crippen LogP contribution in [0.4, 0.5) is 5.95 Å². The molecule has 8 heteroatoms. The van der Waals surface area contributed by atoms with E-state index in [1.54, 1.807) is 0 Å². The Bertz CT molecular complexity index is 1250. The molecule has 1 saturated heterocycles. The summed E-state index contributed by atoms with van der Waals surface area (Å²) in [6, 6.07) is 28.0. The Hall–Kier alpha value is -3.62. The van der Waals surface area contributed by atoms with Crippen LogP contribution in [-0.4, -0.2) is 52.7 Å². The van der Waals surface area contributed by atoms with Crippen LogP contribution in [0.25, 0.3) is 5.69 Å². The maximum atomic E-state index is 13.2. The third-order valence-electron chi connectivity index (χ3n) is 6.17. The van der Waals surface area contributed by atoms with Crippen LogP contribution in [-0.2, 0) is 9.53 Å². The number of hydrogen-bond acceptors (Lipinski definition) is 6. The number of aromatic nitrogens is 3. The minimum absolute atomic E-state index is 0.0648. The molecule has 0 saturated carbocycles. The number of aryl methyl sites for hydroxylation is 1. The van der Waals surface area contributed by atoms with Crippen molar-refractivity contribution in [1.29, 1.82) is 0 Å². The quantitative estimate of drug-likeness (QED) is 0.362. The van der Waals surface area contributed by atoms with Gasteiger partial charge in [-0.15, -0.1) is 10.2 Å². The number of amides is 1. The number of anilines is 1. The Labute approximate surface area is 215 Å². The molecule has 1 aliphatic heterocycles. The number of nitrogens with zero attached hydrogens (tertiary/aromatic N) is 4. The monoisotopic (exact) mass is 499 g/mol. The summed E-state index contributed by atoms with van der Waals surface area (Å²) < 4.78 is 7.59. The highest BCUT2D eigenvalue weighted by Crippen LogP contribution is 2.29. The molecule has 0 bridgehead atoms. The van der Waals surface area contributed by atoms with Gasteiger partial charge in [-0.25, -0.2) is 0 Å². The van der Waals surface area contributed by atoms with E-state index in [-0.39, 0.29) is 17.7 Å². The van der Waals surface area contributed by atoms with Gasteiger partial charge in [0.05, 0.1) is 30.7 Å². The second-order valence-electron chi connectivity index (χ2n) is 8.61. The van der Waals surface area contributed by atoms with Crippen molar-refractivity contribution in [3.8, 4) is 5.69 Å². The zero-order chi connectivity index (χ0) is 24.7. The van der Waals surface area contributed by atoms with Crippen molar-refractivity contribution in [3.63, 3.8) is 0 Å². The van der Waals surface area contributed by atoms with E-state index >= 15 is 0 Å². The molecular weight excluding hydrogens is 470 g/mol. The second kappa shape index (κ2) is 11.4. The summed E-state index contributed by atoms with van der Waals surface area (Å²) in [6.45, 7) is 4.90. The fraction of sp³-hybridized carbons (Fsp3) is 0.250. The molecule has 1 N–H and O–H groups in total. The number of rotatable bonds is 8. The summed E-state index contributed by atoms with van der Waals surface area (Å²) in [4.78, 5) is 15.4. The molecule has 0 unspecified atom stereocenters. The molecule has 2 heterocycles. The standard InChI is InChI=1S/C28H29N5O2S/c1-21-10-8-9-15-24(21)33-27(32-16-18-35-19-17-32)30-31-28(33)36-20-25(34)29-26(22-11-4-2-5-12-22)23-13-6-3-7-14-23/h2-15,26H,16-20H2,1H3,(H,29,34). The summed E-state index contributed by atoms with van der Waals surface area (Å²) in [6.07, 6.45) is 0. The van der Waals surface area contributed by atoms with Crippen LogP contribution in [0.1, 0.15) is 22.7 Å². The minimum atomic E-state index is -0.223. The van der Waals surface area contributed by atoms with Crippen molar-refractivity contribution in [2.45, 2.75) is 18.1 Å². The first-order chi connectivity index (χ1) is 17.7. The summed E-state index contributed by atoms with van der Waals surface area (Å²) >= 11 is 1.40. The van der Waals surface area contributed by atoms with Crippen LogP contribution >= 0.6 is 11.8 Å². The fourth-order valence-electron chi connectivity index (χ4n) is 4.33. The van der Waals surface area contributed by atoms with Crippen LogP contribution < -0.4 is 10.2 Å². The van der Waals surface area contributed by atoms with Gasteiger partial charge in [-0.05, 0) is 29.7 Å². The molecular formula is C28H29N5O2S. The van der Waals surface area contributed by atoms with Gasteiger partial charge in [-0.2, -0.15) is 0 Å². The van der Waals surface area contributed by atoms with Gasteiger partial charge in [-0.3, -0.25) is 9.36 Å². The van der Waals surface area contributed by atoms with E-state index in [1.165, 1.54) is 11.8 Å². The number of carbonyl (C=O) groups excluding carboxylic acids is 1. The molecule has 184 valence electrons. The first-order valence-corrected chi connectivity index (χ1v) is 13.1. The molecule has 0 aliphatic carbocycles. The molecule has 0 atom stereocenters. The average Bonchev–Trinajstić information content (AvgIpc) is 3.36. The lowest BCUT2D eigenvalue weighted by Gasteiger charge is -2.28. The van der Waals surface area contributed by atoms with Gasteiger partial charge in [0.1, 0.15) is 0 Å². The fourth-order valence-corrected chi connectivity index (χ4v) is 5.08. The zero-order valence-electron chi connectivity index (χ0n) is 20.2. The highest BCUT2D eigenvalue weighted by atomic mass is 32.2. The zero-order valence-corrected chi connectivity index (χ0v) is 21.0. The Balaban J connectivity index is 1.37. The van der Waals surface area contributed by atoms with Crippen molar-refractivity contribution in [3.05, 3.63) is 102 Å². The maximum absolute atomic E-state index is 13.2. The molecule has 1 fully saturated rings. The number of morpholine rings is 1. The second-order valence-corrected chi connectivity index (χ2v) is 9.56. The van der Waals surface area contributed by atoms with Crippen molar-refractivity contribution in [1.82, 2.24) is 20.1 Å². The summed E-state index contributed by atoms with van der Waals surface area (Å²) in [5, 5.41) is 12.9. The minimum Gasteiger partial charge on any atom is -0.378 e. The van der Waals surface area contributed by atoms with Crippen LogP contribution in [0.2, 0.25) is 0 Å². The molecule has 3 aromatic carbocycles. The third kappa shape index (κ3) is 5.45. The number of carbonyl (C=O) groups is 1. The Morgan fingerprint density at radius 2 is 1.53 bits per heavy atom. The van der Waals surface area contributed by atoms with E-state index < -0.39 is 0 Å². The largest absolute Gasteiger partial charge is 0.378 e. The van der Waals surface area contributed by atoms with Crippen LogP contribution in [0, 0.1) is 6.92 Å². The summed E-state index contributed by atoms with van der Waals surface area (Å²) in [5.41, 5.74) is 4.21. The first kappa shape index (κ1) is 24.1. The van der Waals surface area contributed by atoms with Gasteiger partial charge in [0.25, 0.3) is 0 Å². The van der Waals surface area contributed by atoms with Gasteiger partial charge in [-0.1, -0.05) is 90.6 Å². The first-order valence-electron chi connectivity index (χ1n) is 12.1. The molecule has 7 nitrogen and oxygen atoms in total. The number of thioether (sulfide) groups is 1. The van der Waals surface area contributed by atoms with Gasteiger partial charge in [0, 0.05) is 13.1 Å². The van der Waals surface area contributed by atoms with Crippen molar-refractivity contribution in [2.75, 3.05) is 37.0 Å². The number of para-hydroxylation sites is 1. The number of nitrogens with one attached hydrogen (secondary N) is 1. The van der Waals surface area contributed by atoms with Crippen LogP contribution in [0.15, 0.2) is 90.1 Å². The van der Waals surface area contributed by atoms with Crippen molar-refractivity contribution < 1.29 is 9.53 Å². The molecule has 4 aromatic rings. The molecule has 5 rings (SSSR count). The van der Waals surface area contributed by atoms with Gasteiger partial charge in [0.15, 0.2) is 5.16 Å². The highest BCUT2D eigenvalue weighted by molar-refractivity contribution is 7.99. The van der Waals surface area contributed by atoms with E-state index in [9.17, 15) is 4.79 Å². The van der Waals surface area contributed by atoms with E-state index in [0.29, 0.717) is 18.4 Å². The number of hydrogen-bond donors (Lipinski definition) is 1. The highest BCUT2D eigenvalue weighted by Gasteiger charge is 2.24. The van der Waals surface area contributed by atoms with Crippen LogP contribution in [0.5, 0.6) is 0 Å². The van der Waals surface area contributed by atoms with Gasteiger partial charge in [0.2, 0.25) is 11.9 Å². The Morgan fingerprint density at radius 3 is 2.17 bits per heavy atom. The molecule has 1 aromatic heterocycles. The molecule has 1 amide bonds. The molecule has 0 radical (unpaired) electrons. The van der Waals surface area contributed by atoms with Crippen molar-refractivity contribution >= 4 is 23.6 Å². The molecule has 36 heavy (non-hydrogen) atoms. The maximum Gasteiger partial charge on any atom is 0.232 e.